The molecule has 5 nitrogen and oxygen atoms in total. The van der Waals surface area contributed by atoms with E-state index in [1.165, 1.54) is 0 Å². The highest BCUT2D eigenvalue weighted by Gasteiger charge is 2.28. The third-order valence-electron chi connectivity index (χ3n) is 4.45. The number of carbonyl (C=O) groups is 2. The lowest BCUT2D eigenvalue weighted by Gasteiger charge is -2.31. The molecule has 0 aromatic heterocycles. The summed E-state index contributed by atoms with van der Waals surface area (Å²) in [4.78, 5) is 27.5. The summed E-state index contributed by atoms with van der Waals surface area (Å²) in [5.74, 6) is 0.141. The molecule has 0 bridgehead atoms. The van der Waals surface area contributed by atoms with Crippen molar-refractivity contribution in [1.82, 2.24) is 10.2 Å². The number of morpholine rings is 1. The first kappa shape index (κ1) is 20.2. The number of hydrogen-bond acceptors (Lipinski definition) is 3. The minimum absolute atomic E-state index is 0.00878. The zero-order valence-corrected chi connectivity index (χ0v) is 16.0. The van der Waals surface area contributed by atoms with Gasteiger partial charge in [0.05, 0.1) is 13.2 Å². The first-order valence-corrected chi connectivity index (χ1v) is 9.44. The van der Waals surface area contributed by atoms with Gasteiger partial charge in [0.25, 0.3) is 0 Å². The minimum Gasteiger partial charge on any atom is -0.378 e. The molecular weight excluding hydrogens is 328 g/mol. The Morgan fingerprint density at radius 1 is 1.19 bits per heavy atom. The SMILES string of the molecule is CC/C(=C\c1ccccc1)C(=O)N[C@@H](CC(C)C)C(=O)N1CCOCC1. The molecule has 1 heterocycles. The van der Waals surface area contributed by atoms with Crippen LogP contribution in [0.4, 0.5) is 0 Å². The van der Waals surface area contributed by atoms with E-state index in [0.29, 0.717) is 50.6 Å². The first-order valence-electron chi connectivity index (χ1n) is 9.44. The normalized spacial score (nSPS) is 16.5. The summed E-state index contributed by atoms with van der Waals surface area (Å²) >= 11 is 0. The van der Waals surface area contributed by atoms with E-state index in [1.807, 2.05) is 43.3 Å². The molecule has 2 rings (SSSR count). The fourth-order valence-electron chi connectivity index (χ4n) is 3.03. The van der Waals surface area contributed by atoms with Gasteiger partial charge in [0, 0.05) is 18.7 Å². The second-order valence-electron chi connectivity index (χ2n) is 7.03. The van der Waals surface area contributed by atoms with Crippen molar-refractivity contribution in [2.75, 3.05) is 26.3 Å². The van der Waals surface area contributed by atoms with Crippen molar-refractivity contribution in [3.63, 3.8) is 0 Å². The highest BCUT2D eigenvalue weighted by molar-refractivity contribution is 6.00. The van der Waals surface area contributed by atoms with Crippen molar-refractivity contribution in [3.05, 3.63) is 41.5 Å². The number of rotatable bonds is 7. The molecule has 26 heavy (non-hydrogen) atoms. The third kappa shape index (κ3) is 5.99. The highest BCUT2D eigenvalue weighted by atomic mass is 16.5. The minimum atomic E-state index is -0.494. The Kier molecular flexibility index (Phi) is 7.85. The summed E-state index contributed by atoms with van der Waals surface area (Å²) in [7, 11) is 0. The van der Waals surface area contributed by atoms with E-state index in [2.05, 4.69) is 19.2 Å². The summed E-state index contributed by atoms with van der Waals surface area (Å²) in [6, 6.07) is 9.27. The van der Waals surface area contributed by atoms with Crippen LogP contribution >= 0.6 is 0 Å². The van der Waals surface area contributed by atoms with Crippen LogP contribution in [0.15, 0.2) is 35.9 Å². The van der Waals surface area contributed by atoms with Crippen LogP contribution in [0.2, 0.25) is 0 Å². The van der Waals surface area contributed by atoms with Crippen LogP contribution in [0.25, 0.3) is 6.08 Å². The topological polar surface area (TPSA) is 58.6 Å². The Bertz CT molecular complexity index is 619. The molecule has 1 atom stereocenters. The quantitative estimate of drug-likeness (QED) is 0.763. The molecule has 1 saturated heterocycles. The molecule has 0 saturated carbocycles. The molecule has 0 radical (unpaired) electrons. The molecular formula is C21H30N2O3. The van der Waals surface area contributed by atoms with Crippen molar-refractivity contribution in [3.8, 4) is 0 Å². The van der Waals surface area contributed by atoms with Gasteiger partial charge in [-0.05, 0) is 30.4 Å². The van der Waals surface area contributed by atoms with Gasteiger partial charge < -0.3 is 15.0 Å². The lowest BCUT2D eigenvalue weighted by atomic mass is 10.0. The van der Waals surface area contributed by atoms with Gasteiger partial charge in [0.1, 0.15) is 6.04 Å². The maximum atomic E-state index is 12.9. The summed E-state index contributed by atoms with van der Waals surface area (Å²) in [6.45, 7) is 8.37. The van der Waals surface area contributed by atoms with E-state index in [1.54, 1.807) is 4.90 Å². The van der Waals surface area contributed by atoms with Crippen molar-refractivity contribution in [1.29, 1.82) is 0 Å². The van der Waals surface area contributed by atoms with Gasteiger partial charge in [0.15, 0.2) is 0 Å². The molecule has 5 heteroatoms. The first-order chi connectivity index (χ1) is 12.5. The van der Waals surface area contributed by atoms with Crippen LogP contribution in [0.5, 0.6) is 0 Å². The van der Waals surface area contributed by atoms with E-state index in [9.17, 15) is 9.59 Å². The number of nitrogens with one attached hydrogen (secondary N) is 1. The zero-order valence-electron chi connectivity index (χ0n) is 16.0. The maximum Gasteiger partial charge on any atom is 0.247 e. The molecule has 1 N–H and O–H groups in total. The molecule has 1 aliphatic rings. The molecule has 2 amide bonds. The number of benzene rings is 1. The Morgan fingerprint density at radius 2 is 1.85 bits per heavy atom. The van der Waals surface area contributed by atoms with E-state index in [-0.39, 0.29) is 11.8 Å². The second-order valence-corrected chi connectivity index (χ2v) is 7.03. The predicted molar refractivity (Wildman–Crippen MR) is 103 cm³/mol. The van der Waals surface area contributed by atoms with Gasteiger partial charge >= 0.3 is 0 Å². The predicted octanol–water partition coefficient (Wildman–Crippen LogP) is 2.87. The van der Waals surface area contributed by atoms with Gasteiger partial charge in [-0.25, -0.2) is 0 Å². The zero-order chi connectivity index (χ0) is 18.9. The summed E-state index contributed by atoms with van der Waals surface area (Å²) in [5, 5.41) is 2.98. The lowest BCUT2D eigenvalue weighted by molar-refractivity contribution is -0.139. The van der Waals surface area contributed by atoms with Gasteiger partial charge in [0.2, 0.25) is 11.8 Å². The van der Waals surface area contributed by atoms with E-state index in [0.717, 1.165) is 5.56 Å². The second kappa shape index (κ2) is 10.1. The highest BCUT2D eigenvalue weighted by Crippen LogP contribution is 2.13. The smallest absolute Gasteiger partial charge is 0.247 e. The van der Waals surface area contributed by atoms with Gasteiger partial charge in [-0.1, -0.05) is 51.1 Å². The molecule has 0 aliphatic carbocycles. The Balaban J connectivity index is 2.11. The number of carbonyl (C=O) groups excluding carboxylic acids is 2. The molecule has 142 valence electrons. The fraction of sp³-hybridized carbons (Fsp3) is 0.524. The average Bonchev–Trinajstić information content (AvgIpc) is 2.66. The summed E-state index contributed by atoms with van der Waals surface area (Å²) in [6.07, 6.45) is 3.13. The maximum absolute atomic E-state index is 12.9. The number of amides is 2. The van der Waals surface area contributed by atoms with Crippen LogP contribution in [0.1, 0.15) is 39.2 Å². The van der Waals surface area contributed by atoms with Gasteiger partial charge in [-0.2, -0.15) is 0 Å². The van der Waals surface area contributed by atoms with Crippen molar-refractivity contribution in [2.24, 2.45) is 5.92 Å². The molecule has 1 aromatic rings. The number of hydrogen-bond donors (Lipinski definition) is 1. The van der Waals surface area contributed by atoms with Gasteiger partial charge in [-0.15, -0.1) is 0 Å². The largest absolute Gasteiger partial charge is 0.378 e. The Hall–Kier alpha value is -2.14. The molecule has 1 fully saturated rings. The van der Waals surface area contributed by atoms with Crippen molar-refractivity contribution >= 4 is 17.9 Å². The fourth-order valence-corrected chi connectivity index (χ4v) is 3.03. The van der Waals surface area contributed by atoms with Crippen molar-refractivity contribution in [2.45, 2.75) is 39.7 Å². The lowest BCUT2D eigenvalue weighted by Crippen LogP contribution is -2.52. The van der Waals surface area contributed by atoms with E-state index in [4.69, 9.17) is 4.74 Å². The van der Waals surface area contributed by atoms with Crippen LogP contribution in [0.3, 0.4) is 0 Å². The summed E-state index contributed by atoms with van der Waals surface area (Å²) in [5.41, 5.74) is 1.67. The number of nitrogens with zero attached hydrogens (tertiary/aromatic N) is 1. The van der Waals surface area contributed by atoms with E-state index < -0.39 is 6.04 Å². The average molecular weight is 358 g/mol. The molecule has 0 spiro atoms. The molecule has 1 aromatic carbocycles. The Labute approximate surface area is 156 Å². The standard InChI is InChI=1S/C21H30N2O3/c1-4-18(15-17-8-6-5-7-9-17)20(24)22-19(14-16(2)3)21(25)23-10-12-26-13-11-23/h5-9,15-16,19H,4,10-14H2,1-3H3,(H,22,24)/b18-15+/t19-/m0/s1. The van der Waals surface area contributed by atoms with Crippen LogP contribution < -0.4 is 5.32 Å². The van der Waals surface area contributed by atoms with Crippen LogP contribution in [-0.4, -0.2) is 49.1 Å². The van der Waals surface area contributed by atoms with Crippen LogP contribution in [-0.2, 0) is 14.3 Å². The van der Waals surface area contributed by atoms with Crippen LogP contribution in [0, 0.1) is 5.92 Å². The van der Waals surface area contributed by atoms with Crippen molar-refractivity contribution < 1.29 is 14.3 Å². The monoisotopic (exact) mass is 358 g/mol. The molecule has 1 aliphatic heterocycles. The van der Waals surface area contributed by atoms with Gasteiger partial charge in [-0.3, -0.25) is 9.59 Å². The molecule has 0 unspecified atom stereocenters. The summed E-state index contributed by atoms with van der Waals surface area (Å²) < 4.78 is 5.32. The Morgan fingerprint density at radius 3 is 2.42 bits per heavy atom. The number of ether oxygens (including phenoxy) is 1. The van der Waals surface area contributed by atoms with E-state index >= 15 is 0 Å². The third-order valence-corrected chi connectivity index (χ3v) is 4.45.